The number of nitrogens with zero attached hydrogens (tertiary/aromatic N) is 3. The van der Waals surface area contributed by atoms with Gasteiger partial charge in [0.1, 0.15) is 18.5 Å². The Bertz CT molecular complexity index is 1030. The smallest absolute Gasteiger partial charge is 0.254 e. The van der Waals surface area contributed by atoms with Crippen molar-refractivity contribution in [1.29, 1.82) is 0 Å². The first-order valence-corrected chi connectivity index (χ1v) is 9.80. The summed E-state index contributed by atoms with van der Waals surface area (Å²) in [4.78, 5) is 34.3. The standard InChI is InChI=1S/C20H17ClF2N4O2/c21-11-6-24-19(25-7-11)26-15(28)8-27-9-20(5-14(20)22)16-13(18(27)29)4-3-12(17(16)23)10-1-2-10/h3-4,6-7,10,14H,1-2,5,8-9H2,(H,24,25,26,28)/t14-,20-/m1/s1. The number of benzene rings is 1. The van der Waals surface area contributed by atoms with Gasteiger partial charge in [0.25, 0.3) is 5.91 Å². The molecule has 2 aromatic rings. The van der Waals surface area contributed by atoms with Gasteiger partial charge >= 0.3 is 0 Å². The molecule has 3 aliphatic rings. The largest absolute Gasteiger partial charge is 0.328 e. The molecule has 2 atom stereocenters. The van der Waals surface area contributed by atoms with Crippen LogP contribution in [0.2, 0.25) is 5.02 Å². The van der Waals surface area contributed by atoms with Crippen molar-refractivity contribution >= 4 is 29.4 Å². The number of amides is 2. The molecule has 0 radical (unpaired) electrons. The van der Waals surface area contributed by atoms with E-state index in [2.05, 4.69) is 15.3 Å². The van der Waals surface area contributed by atoms with E-state index in [0.717, 1.165) is 12.8 Å². The fourth-order valence-corrected chi connectivity index (χ4v) is 4.25. The molecule has 0 saturated heterocycles. The lowest BCUT2D eigenvalue weighted by atomic mass is 9.83. The Balaban J connectivity index is 1.41. The molecule has 5 rings (SSSR count). The van der Waals surface area contributed by atoms with Gasteiger partial charge in [-0.3, -0.25) is 14.9 Å². The monoisotopic (exact) mass is 418 g/mol. The van der Waals surface area contributed by atoms with Gasteiger partial charge in [-0.15, -0.1) is 0 Å². The molecule has 6 nitrogen and oxygen atoms in total. The number of fused-ring (bicyclic) bond motifs is 2. The summed E-state index contributed by atoms with van der Waals surface area (Å²) in [5, 5.41) is 2.80. The lowest BCUT2D eigenvalue weighted by Gasteiger charge is -2.35. The van der Waals surface area contributed by atoms with Crippen molar-refractivity contribution in [2.45, 2.75) is 36.8 Å². The van der Waals surface area contributed by atoms with Crippen molar-refractivity contribution in [1.82, 2.24) is 14.9 Å². The minimum Gasteiger partial charge on any atom is -0.328 e. The zero-order valence-electron chi connectivity index (χ0n) is 15.3. The van der Waals surface area contributed by atoms with Crippen LogP contribution in [0.3, 0.4) is 0 Å². The third kappa shape index (κ3) is 3.06. The molecule has 1 aromatic carbocycles. The van der Waals surface area contributed by atoms with Crippen LogP contribution in [-0.4, -0.2) is 45.9 Å². The van der Waals surface area contributed by atoms with E-state index in [0.29, 0.717) is 10.6 Å². The number of aromatic nitrogens is 2. The van der Waals surface area contributed by atoms with E-state index in [-0.39, 0.29) is 42.5 Å². The Morgan fingerprint density at radius 1 is 1.31 bits per heavy atom. The Hall–Kier alpha value is -2.61. The van der Waals surface area contributed by atoms with Crippen molar-refractivity contribution in [3.05, 3.63) is 52.1 Å². The van der Waals surface area contributed by atoms with Gasteiger partial charge in [0.05, 0.1) is 22.8 Å². The summed E-state index contributed by atoms with van der Waals surface area (Å²) in [5.74, 6) is -1.23. The van der Waals surface area contributed by atoms with Crippen LogP contribution >= 0.6 is 11.6 Å². The topological polar surface area (TPSA) is 75.2 Å². The highest BCUT2D eigenvalue weighted by molar-refractivity contribution is 6.30. The minimum atomic E-state index is -1.23. The van der Waals surface area contributed by atoms with Crippen molar-refractivity contribution < 1.29 is 18.4 Å². The van der Waals surface area contributed by atoms with Crippen LogP contribution in [0.1, 0.15) is 46.7 Å². The van der Waals surface area contributed by atoms with E-state index in [4.69, 9.17) is 11.6 Å². The van der Waals surface area contributed by atoms with Crippen molar-refractivity contribution in [3.63, 3.8) is 0 Å². The number of halogens is 3. The van der Waals surface area contributed by atoms with Crippen LogP contribution in [0.4, 0.5) is 14.7 Å². The van der Waals surface area contributed by atoms with Gasteiger partial charge in [-0.1, -0.05) is 17.7 Å². The number of rotatable bonds is 4. The summed E-state index contributed by atoms with van der Waals surface area (Å²) in [6.45, 7) is -0.329. The highest BCUT2D eigenvalue weighted by Gasteiger charge is 2.62. The lowest BCUT2D eigenvalue weighted by molar-refractivity contribution is -0.117. The molecular formula is C20H17ClF2N4O2. The molecule has 1 aliphatic heterocycles. The Kier molecular flexibility index (Phi) is 4.10. The van der Waals surface area contributed by atoms with Crippen molar-refractivity contribution in [2.75, 3.05) is 18.4 Å². The highest BCUT2D eigenvalue weighted by atomic mass is 35.5. The molecule has 2 aliphatic carbocycles. The molecular weight excluding hydrogens is 402 g/mol. The molecule has 2 saturated carbocycles. The van der Waals surface area contributed by atoms with Gasteiger partial charge < -0.3 is 4.90 Å². The fraction of sp³-hybridized carbons (Fsp3) is 0.400. The average Bonchev–Trinajstić information content (AvgIpc) is 3.60. The summed E-state index contributed by atoms with van der Waals surface area (Å²) >= 11 is 5.71. The Labute approximate surface area is 170 Å². The number of hydrogen-bond acceptors (Lipinski definition) is 4. The molecule has 9 heteroatoms. The van der Waals surface area contributed by atoms with E-state index in [1.807, 2.05) is 0 Å². The SMILES string of the molecule is O=C(CN1C[C@@]2(C[C@H]2F)c2c(ccc(C3CC3)c2F)C1=O)Nc1ncc(Cl)cn1. The maximum absolute atomic E-state index is 15.2. The van der Waals surface area contributed by atoms with E-state index >= 15 is 4.39 Å². The van der Waals surface area contributed by atoms with Gasteiger partial charge in [-0.25, -0.2) is 18.7 Å². The van der Waals surface area contributed by atoms with E-state index in [1.54, 1.807) is 12.1 Å². The fourth-order valence-electron chi connectivity index (χ4n) is 4.15. The van der Waals surface area contributed by atoms with Crippen LogP contribution in [0.25, 0.3) is 0 Å². The first kappa shape index (κ1) is 18.4. The molecule has 1 N–H and O–H groups in total. The second-order valence-corrected chi connectivity index (χ2v) is 8.36. The Morgan fingerprint density at radius 3 is 2.62 bits per heavy atom. The first-order valence-electron chi connectivity index (χ1n) is 9.42. The van der Waals surface area contributed by atoms with Crippen LogP contribution in [-0.2, 0) is 10.2 Å². The van der Waals surface area contributed by atoms with Crippen molar-refractivity contribution in [3.8, 4) is 0 Å². The van der Waals surface area contributed by atoms with Gasteiger partial charge in [0.15, 0.2) is 0 Å². The van der Waals surface area contributed by atoms with Gasteiger partial charge in [0.2, 0.25) is 11.9 Å². The van der Waals surface area contributed by atoms with Crippen LogP contribution in [0.15, 0.2) is 24.5 Å². The van der Waals surface area contributed by atoms with E-state index in [1.165, 1.54) is 17.3 Å². The van der Waals surface area contributed by atoms with Gasteiger partial charge in [-0.05, 0) is 36.8 Å². The highest BCUT2D eigenvalue weighted by Crippen LogP contribution is 2.56. The van der Waals surface area contributed by atoms with Crippen LogP contribution in [0, 0.1) is 5.82 Å². The van der Waals surface area contributed by atoms with E-state index in [9.17, 15) is 14.0 Å². The number of anilines is 1. The maximum Gasteiger partial charge on any atom is 0.254 e. The third-order valence-corrected chi connectivity index (χ3v) is 6.06. The number of alkyl halides is 1. The molecule has 2 amide bonds. The third-order valence-electron chi connectivity index (χ3n) is 5.87. The van der Waals surface area contributed by atoms with Crippen LogP contribution in [0.5, 0.6) is 0 Å². The normalized spacial score (nSPS) is 25.1. The second-order valence-electron chi connectivity index (χ2n) is 7.93. The zero-order chi connectivity index (χ0) is 20.3. The number of hydrogen-bond donors (Lipinski definition) is 1. The predicted octanol–water partition coefficient (Wildman–Crippen LogP) is 3.22. The lowest BCUT2D eigenvalue weighted by Crippen LogP contribution is -2.48. The maximum atomic E-state index is 15.2. The van der Waals surface area contributed by atoms with Gasteiger partial charge in [-0.2, -0.15) is 0 Å². The van der Waals surface area contributed by atoms with Crippen LogP contribution < -0.4 is 5.32 Å². The first-order chi connectivity index (χ1) is 13.9. The van der Waals surface area contributed by atoms with Gasteiger partial charge in [0, 0.05) is 17.7 Å². The molecule has 0 unspecified atom stereocenters. The molecule has 2 fully saturated rings. The minimum absolute atomic E-state index is 0.0278. The number of nitrogens with one attached hydrogen (secondary N) is 1. The second kappa shape index (κ2) is 6.45. The number of carbonyl (C=O) groups is 2. The predicted molar refractivity (Wildman–Crippen MR) is 101 cm³/mol. The Morgan fingerprint density at radius 2 is 2.00 bits per heavy atom. The molecule has 1 spiro atoms. The molecule has 0 bridgehead atoms. The quantitative estimate of drug-likeness (QED) is 0.827. The average molecular weight is 419 g/mol. The molecule has 1 aromatic heterocycles. The molecule has 2 heterocycles. The molecule has 29 heavy (non-hydrogen) atoms. The zero-order valence-corrected chi connectivity index (χ0v) is 16.0. The summed E-state index contributed by atoms with van der Waals surface area (Å²) in [6, 6.07) is 3.20. The summed E-state index contributed by atoms with van der Waals surface area (Å²) in [5.41, 5.74) is -0.151. The number of carbonyl (C=O) groups excluding carboxylic acids is 2. The summed E-state index contributed by atoms with van der Waals surface area (Å²) in [7, 11) is 0. The summed E-state index contributed by atoms with van der Waals surface area (Å²) < 4.78 is 29.6. The van der Waals surface area contributed by atoms with E-state index < -0.39 is 29.2 Å². The van der Waals surface area contributed by atoms with Crippen molar-refractivity contribution in [2.24, 2.45) is 0 Å². The summed E-state index contributed by atoms with van der Waals surface area (Å²) in [6.07, 6.45) is 3.41. The molecule has 150 valence electrons.